The smallest absolute Gasteiger partial charge is 0.325 e. The summed E-state index contributed by atoms with van der Waals surface area (Å²) in [4.78, 5) is 25.2. The molecule has 1 fully saturated rings. The van der Waals surface area contributed by atoms with Crippen LogP contribution in [0.4, 0.5) is 0 Å². The fourth-order valence-corrected chi connectivity index (χ4v) is 2.78. The third-order valence-corrected chi connectivity index (χ3v) is 3.46. The highest BCUT2D eigenvalue weighted by Crippen LogP contribution is 2.37. The van der Waals surface area contributed by atoms with Crippen LogP contribution in [-0.4, -0.2) is 36.5 Å². The van der Waals surface area contributed by atoms with Gasteiger partial charge >= 0.3 is 5.97 Å². The molecule has 5 heteroatoms. The summed E-state index contributed by atoms with van der Waals surface area (Å²) in [5, 5.41) is 2.77. The second kappa shape index (κ2) is 5.94. The van der Waals surface area contributed by atoms with Crippen LogP contribution in [0.3, 0.4) is 0 Å². The van der Waals surface area contributed by atoms with Crippen LogP contribution < -0.4 is 5.32 Å². The van der Waals surface area contributed by atoms with E-state index in [4.69, 9.17) is 4.74 Å². The molecule has 0 bridgehead atoms. The normalized spacial score (nSPS) is 22.3. The lowest BCUT2D eigenvalue weighted by atomic mass is 9.91. The molecule has 0 radical (unpaired) electrons. The van der Waals surface area contributed by atoms with Crippen molar-refractivity contribution in [1.82, 2.24) is 10.2 Å². The highest BCUT2D eigenvalue weighted by Gasteiger charge is 2.37. The standard InChI is InChI=1S/C15H20N2O3/c1-4-6-12-15-10(3)16-13(18)7-11(15)8-17(12)9-14(19)20-5-2/h4,6,11H,3,5,7-9H2,1-2H3,(H,16,18)/b6-4-. The third kappa shape index (κ3) is 2.76. The number of hydrogen-bond donors (Lipinski definition) is 1. The molecule has 20 heavy (non-hydrogen) atoms. The summed E-state index contributed by atoms with van der Waals surface area (Å²) in [6.45, 7) is 8.87. The molecule has 0 aromatic rings. The van der Waals surface area contributed by atoms with E-state index in [9.17, 15) is 9.59 Å². The summed E-state index contributed by atoms with van der Waals surface area (Å²) >= 11 is 0. The summed E-state index contributed by atoms with van der Waals surface area (Å²) in [6, 6.07) is 0. The highest BCUT2D eigenvalue weighted by atomic mass is 16.5. The van der Waals surface area contributed by atoms with Crippen molar-refractivity contribution >= 4 is 11.9 Å². The van der Waals surface area contributed by atoms with Gasteiger partial charge in [-0.25, -0.2) is 0 Å². The number of nitrogens with one attached hydrogen (secondary N) is 1. The summed E-state index contributed by atoms with van der Waals surface area (Å²) < 4.78 is 5.00. The molecule has 2 aliphatic heterocycles. The lowest BCUT2D eigenvalue weighted by Crippen LogP contribution is -2.34. The molecule has 2 aliphatic rings. The maximum Gasteiger partial charge on any atom is 0.325 e. The minimum absolute atomic E-state index is 0.0124. The van der Waals surface area contributed by atoms with Gasteiger partial charge in [-0.2, -0.15) is 0 Å². The van der Waals surface area contributed by atoms with Crippen molar-refractivity contribution in [1.29, 1.82) is 0 Å². The summed E-state index contributed by atoms with van der Waals surface area (Å²) in [5.41, 5.74) is 2.63. The van der Waals surface area contributed by atoms with E-state index in [1.165, 1.54) is 0 Å². The number of fused-ring (bicyclic) bond motifs is 1. The van der Waals surface area contributed by atoms with Gasteiger partial charge in [0.05, 0.1) is 6.61 Å². The minimum Gasteiger partial charge on any atom is -0.465 e. The molecule has 1 saturated heterocycles. The van der Waals surface area contributed by atoms with E-state index in [1.54, 1.807) is 6.92 Å². The largest absolute Gasteiger partial charge is 0.465 e. The lowest BCUT2D eigenvalue weighted by Gasteiger charge is -2.22. The Morgan fingerprint density at radius 1 is 1.60 bits per heavy atom. The number of carbonyl (C=O) groups excluding carboxylic acids is 2. The predicted molar refractivity (Wildman–Crippen MR) is 75.4 cm³/mol. The van der Waals surface area contributed by atoms with Crippen LogP contribution in [0.2, 0.25) is 0 Å². The highest BCUT2D eigenvalue weighted by molar-refractivity contribution is 5.82. The van der Waals surface area contributed by atoms with Gasteiger partial charge in [-0.05, 0) is 19.9 Å². The van der Waals surface area contributed by atoms with Crippen molar-refractivity contribution in [2.45, 2.75) is 20.3 Å². The monoisotopic (exact) mass is 276 g/mol. The Bertz CT molecular complexity index is 505. The number of rotatable bonds is 4. The lowest BCUT2D eigenvalue weighted by molar-refractivity contribution is -0.143. The van der Waals surface area contributed by atoms with Crippen LogP contribution in [0.5, 0.6) is 0 Å². The molecular weight excluding hydrogens is 256 g/mol. The Hall–Kier alpha value is -2.04. The molecule has 0 saturated carbocycles. The van der Waals surface area contributed by atoms with Crippen molar-refractivity contribution in [3.63, 3.8) is 0 Å². The SMILES string of the molecule is C=C1NC(=O)CC2CN(CC(=O)OCC)C(/C=C\C)=C12. The molecule has 0 aromatic heterocycles. The first kappa shape index (κ1) is 14.4. The number of allylic oxidation sites excluding steroid dienone is 3. The number of carbonyl (C=O) groups is 2. The van der Waals surface area contributed by atoms with Gasteiger partial charge in [-0.3, -0.25) is 9.59 Å². The van der Waals surface area contributed by atoms with E-state index >= 15 is 0 Å². The Kier molecular flexibility index (Phi) is 4.27. The van der Waals surface area contributed by atoms with Crippen LogP contribution >= 0.6 is 0 Å². The van der Waals surface area contributed by atoms with E-state index in [0.717, 1.165) is 11.3 Å². The molecule has 0 spiro atoms. The number of esters is 1. The maximum atomic E-state index is 11.7. The van der Waals surface area contributed by atoms with Gasteiger partial charge in [0.2, 0.25) is 5.91 Å². The van der Waals surface area contributed by atoms with Gasteiger partial charge in [0.15, 0.2) is 0 Å². The zero-order chi connectivity index (χ0) is 14.7. The van der Waals surface area contributed by atoms with Gasteiger partial charge in [0.1, 0.15) is 6.54 Å². The Labute approximate surface area is 119 Å². The Balaban J connectivity index is 2.25. The fraction of sp³-hybridized carbons (Fsp3) is 0.467. The molecule has 1 amide bonds. The number of piperidine rings is 1. The Morgan fingerprint density at radius 3 is 3.00 bits per heavy atom. The molecule has 108 valence electrons. The van der Waals surface area contributed by atoms with Crippen LogP contribution in [0.1, 0.15) is 20.3 Å². The molecule has 2 heterocycles. The molecule has 0 aliphatic carbocycles. The first-order chi connectivity index (χ1) is 9.56. The molecular formula is C15H20N2O3. The van der Waals surface area contributed by atoms with E-state index in [0.29, 0.717) is 25.3 Å². The zero-order valence-electron chi connectivity index (χ0n) is 11.9. The summed E-state index contributed by atoms with van der Waals surface area (Å²) in [7, 11) is 0. The minimum atomic E-state index is -0.251. The van der Waals surface area contributed by atoms with Gasteiger partial charge in [-0.15, -0.1) is 0 Å². The van der Waals surface area contributed by atoms with E-state index in [-0.39, 0.29) is 24.3 Å². The van der Waals surface area contributed by atoms with Crippen LogP contribution in [0, 0.1) is 5.92 Å². The van der Waals surface area contributed by atoms with E-state index < -0.39 is 0 Å². The average Bonchev–Trinajstić information content (AvgIpc) is 2.68. The van der Waals surface area contributed by atoms with Crippen molar-refractivity contribution in [3.05, 3.63) is 35.7 Å². The molecule has 1 N–H and O–H groups in total. The van der Waals surface area contributed by atoms with Crippen molar-refractivity contribution in [3.8, 4) is 0 Å². The fourth-order valence-electron chi connectivity index (χ4n) is 2.78. The van der Waals surface area contributed by atoms with Crippen LogP contribution in [-0.2, 0) is 14.3 Å². The first-order valence-corrected chi connectivity index (χ1v) is 6.83. The molecule has 0 aromatic carbocycles. The topological polar surface area (TPSA) is 58.6 Å². The van der Waals surface area contributed by atoms with Gasteiger partial charge < -0.3 is 15.0 Å². The predicted octanol–water partition coefficient (Wildman–Crippen LogP) is 1.35. The summed E-state index contributed by atoms with van der Waals surface area (Å²) in [5.74, 6) is -0.155. The second-order valence-electron chi connectivity index (χ2n) is 4.91. The molecule has 1 atom stereocenters. The van der Waals surface area contributed by atoms with Gasteiger partial charge in [0.25, 0.3) is 0 Å². The zero-order valence-corrected chi connectivity index (χ0v) is 11.9. The molecule has 2 rings (SSSR count). The number of amides is 1. The van der Waals surface area contributed by atoms with E-state index in [2.05, 4.69) is 11.9 Å². The number of ether oxygens (including phenoxy) is 1. The molecule has 5 nitrogen and oxygen atoms in total. The maximum absolute atomic E-state index is 11.7. The number of hydrogen-bond acceptors (Lipinski definition) is 4. The average molecular weight is 276 g/mol. The number of nitrogens with zero attached hydrogens (tertiary/aromatic N) is 1. The van der Waals surface area contributed by atoms with E-state index in [1.807, 2.05) is 24.0 Å². The van der Waals surface area contributed by atoms with Crippen LogP contribution in [0.25, 0.3) is 0 Å². The van der Waals surface area contributed by atoms with Crippen LogP contribution in [0.15, 0.2) is 35.7 Å². The Morgan fingerprint density at radius 2 is 2.35 bits per heavy atom. The third-order valence-electron chi connectivity index (χ3n) is 3.46. The molecule has 1 unspecified atom stereocenters. The quantitative estimate of drug-likeness (QED) is 0.787. The first-order valence-electron chi connectivity index (χ1n) is 6.83. The summed E-state index contributed by atoms with van der Waals surface area (Å²) in [6.07, 6.45) is 4.32. The van der Waals surface area contributed by atoms with Gasteiger partial charge in [-0.1, -0.05) is 12.7 Å². The van der Waals surface area contributed by atoms with Gasteiger partial charge in [0, 0.05) is 35.9 Å². The van der Waals surface area contributed by atoms with Crippen molar-refractivity contribution < 1.29 is 14.3 Å². The van der Waals surface area contributed by atoms with Crippen molar-refractivity contribution in [2.24, 2.45) is 5.92 Å². The second-order valence-corrected chi connectivity index (χ2v) is 4.91. The van der Waals surface area contributed by atoms with Crippen molar-refractivity contribution in [2.75, 3.05) is 19.7 Å².